The molecule has 2 unspecified atom stereocenters. The number of nitrogens with zero attached hydrogens (tertiary/aromatic N) is 2. The maximum atomic E-state index is 9.68. The molecule has 0 amide bonds. The quantitative estimate of drug-likeness (QED) is 0.883. The number of aliphatic hydroxyl groups is 1. The molecular formula is C14H22N2O2. The van der Waals surface area contributed by atoms with E-state index in [-0.39, 0.29) is 6.10 Å². The van der Waals surface area contributed by atoms with Gasteiger partial charge in [0.1, 0.15) is 5.75 Å². The van der Waals surface area contributed by atoms with Gasteiger partial charge in [-0.1, -0.05) is 0 Å². The van der Waals surface area contributed by atoms with Crippen LogP contribution in [0, 0.1) is 5.92 Å². The van der Waals surface area contributed by atoms with Gasteiger partial charge in [0, 0.05) is 25.4 Å². The number of aliphatic hydroxyl groups excluding tert-OH is 1. The Morgan fingerprint density at radius 1 is 1.61 bits per heavy atom. The number of piperidine rings is 1. The number of likely N-dealkylation sites (tertiary alicyclic amines) is 1. The van der Waals surface area contributed by atoms with Gasteiger partial charge in [-0.15, -0.1) is 0 Å². The van der Waals surface area contributed by atoms with Crippen molar-refractivity contribution in [1.29, 1.82) is 0 Å². The molecule has 2 atom stereocenters. The molecule has 0 saturated carbocycles. The number of pyridine rings is 1. The third-order valence-corrected chi connectivity index (χ3v) is 3.63. The summed E-state index contributed by atoms with van der Waals surface area (Å²) < 4.78 is 5.20. The fourth-order valence-corrected chi connectivity index (χ4v) is 2.53. The van der Waals surface area contributed by atoms with Crippen molar-refractivity contribution < 1.29 is 9.84 Å². The van der Waals surface area contributed by atoms with Gasteiger partial charge in [-0.25, -0.2) is 0 Å². The second kappa shape index (κ2) is 6.16. The van der Waals surface area contributed by atoms with Crippen LogP contribution in [0.1, 0.15) is 25.5 Å². The number of hydrogen-bond donors (Lipinski definition) is 1. The summed E-state index contributed by atoms with van der Waals surface area (Å²) in [6, 6.07) is 3.84. The van der Waals surface area contributed by atoms with Crippen LogP contribution in [0.25, 0.3) is 0 Å². The zero-order valence-electron chi connectivity index (χ0n) is 11.2. The van der Waals surface area contributed by atoms with Crippen molar-refractivity contribution in [3.63, 3.8) is 0 Å². The number of hydrogen-bond acceptors (Lipinski definition) is 4. The topological polar surface area (TPSA) is 45.6 Å². The normalized spacial score (nSPS) is 22.7. The first-order valence-corrected chi connectivity index (χ1v) is 6.58. The summed E-state index contributed by atoms with van der Waals surface area (Å²) in [5, 5.41) is 9.68. The highest BCUT2D eigenvalue weighted by Crippen LogP contribution is 2.21. The molecule has 0 bridgehead atoms. The average molecular weight is 250 g/mol. The Morgan fingerprint density at radius 2 is 2.44 bits per heavy atom. The molecule has 0 aromatic carbocycles. The smallest absolute Gasteiger partial charge is 0.122 e. The lowest BCUT2D eigenvalue weighted by Crippen LogP contribution is -2.39. The Kier molecular flexibility index (Phi) is 4.55. The molecule has 100 valence electrons. The van der Waals surface area contributed by atoms with Crippen LogP contribution in [-0.4, -0.2) is 41.3 Å². The summed E-state index contributed by atoms with van der Waals surface area (Å²) in [4.78, 5) is 6.73. The lowest BCUT2D eigenvalue weighted by Gasteiger charge is -2.33. The van der Waals surface area contributed by atoms with Crippen molar-refractivity contribution in [3.05, 3.63) is 24.0 Å². The molecule has 1 aromatic rings. The van der Waals surface area contributed by atoms with Crippen LogP contribution >= 0.6 is 0 Å². The van der Waals surface area contributed by atoms with Crippen molar-refractivity contribution in [2.75, 3.05) is 20.2 Å². The number of aromatic nitrogens is 1. The fraction of sp³-hybridized carbons (Fsp3) is 0.643. The molecule has 2 rings (SSSR count). The summed E-state index contributed by atoms with van der Waals surface area (Å²) in [5.74, 6) is 1.24. The van der Waals surface area contributed by atoms with E-state index < -0.39 is 0 Å². The Morgan fingerprint density at radius 3 is 3.17 bits per heavy atom. The van der Waals surface area contributed by atoms with Crippen LogP contribution in [0.4, 0.5) is 0 Å². The van der Waals surface area contributed by atoms with Gasteiger partial charge < -0.3 is 9.84 Å². The summed E-state index contributed by atoms with van der Waals surface area (Å²) in [6.07, 6.45) is 3.84. The molecule has 1 aliphatic rings. The summed E-state index contributed by atoms with van der Waals surface area (Å²) in [5.41, 5.74) is 1.03. The molecular weight excluding hydrogens is 228 g/mol. The first-order chi connectivity index (χ1) is 8.69. The van der Waals surface area contributed by atoms with Gasteiger partial charge in [-0.05, 0) is 38.3 Å². The highest BCUT2D eigenvalue weighted by molar-refractivity contribution is 5.22. The van der Waals surface area contributed by atoms with E-state index in [9.17, 15) is 5.11 Å². The van der Waals surface area contributed by atoms with E-state index >= 15 is 0 Å². The van der Waals surface area contributed by atoms with Gasteiger partial charge in [-0.3, -0.25) is 9.88 Å². The summed E-state index contributed by atoms with van der Waals surface area (Å²) >= 11 is 0. The third kappa shape index (κ3) is 3.43. The molecule has 0 aliphatic carbocycles. The van der Waals surface area contributed by atoms with Crippen molar-refractivity contribution in [2.24, 2.45) is 5.92 Å². The first-order valence-electron chi connectivity index (χ1n) is 6.58. The Labute approximate surface area is 109 Å². The first kappa shape index (κ1) is 13.3. The van der Waals surface area contributed by atoms with Crippen LogP contribution in [-0.2, 0) is 6.54 Å². The van der Waals surface area contributed by atoms with Crippen molar-refractivity contribution in [1.82, 2.24) is 9.88 Å². The highest BCUT2D eigenvalue weighted by atomic mass is 16.5. The predicted octanol–water partition coefficient (Wildman–Crippen LogP) is 1.68. The molecule has 18 heavy (non-hydrogen) atoms. The van der Waals surface area contributed by atoms with E-state index in [4.69, 9.17) is 4.74 Å². The molecule has 4 nitrogen and oxygen atoms in total. The Bertz CT molecular complexity index is 382. The van der Waals surface area contributed by atoms with E-state index in [2.05, 4.69) is 9.88 Å². The SMILES string of the molecule is COc1ccnc(CN2CCCC(C(C)O)C2)c1. The Hall–Kier alpha value is -1.13. The molecule has 4 heteroatoms. The second-order valence-corrected chi connectivity index (χ2v) is 5.07. The highest BCUT2D eigenvalue weighted by Gasteiger charge is 2.23. The molecule has 1 aromatic heterocycles. The van der Waals surface area contributed by atoms with Crippen molar-refractivity contribution >= 4 is 0 Å². The molecule has 1 N–H and O–H groups in total. The van der Waals surface area contributed by atoms with Gasteiger partial charge >= 0.3 is 0 Å². The number of ether oxygens (including phenoxy) is 1. The minimum absolute atomic E-state index is 0.217. The molecule has 0 radical (unpaired) electrons. The zero-order chi connectivity index (χ0) is 13.0. The van der Waals surface area contributed by atoms with E-state index in [1.807, 2.05) is 19.1 Å². The zero-order valence-corrected chi connectivity index (χ0v) is 11.2. The number of rotatable bonds is 4. The van der Waals surface area contributed by atoms with E-state index in [0.717, 1.165) is 43.9 Å². The lowest BCUT2D eigenvalue weighted by molar-refractivity contribution is 0.0594. The monoisotopic (exact) mass is 250 g/mol. The van der Waals surface area contributed by atoms with Gasteiger partial charge in [0.05, 0.1) is 18.9 Å². The standard InChI is InChI=1S/C14H22N2O2/c1-11(17)12-4-3-7-16(9-12)10-13-8-14(18-2)5-6-15-13/h5-6,8,11-12,17H,3-4,7,9-10H2,1-2H3. The van der Waals surface area contributed by atoms with Gasteiger partial charge in [0.15, 0.2) is 0 Å². The predicted molar refractivity (Wildman–Crippen MR) is 70.5 cm³/mol. The van der Waals surface area contributed by atoms with Crippen molar-refractivity contribution in [3.8, 4) is 5.75 Å². The van der Waals surface area contributed by atoms with E-state index in [1.165, 1.54) is 0 Å². The Balaban J connectivity index is 1.95. The molecule has 1 saturated heterocycles. The molecule has 0 spiro atoms. The number of methoxy groups -OCH3 is 1. The maximum Gasteiger partial charge on any atom is 0.122 e. The van der Waals surface area contributed by atoms with Gasteiger partial charge in [0.2, 0.25) is 0 Å². The fourth-order valence-electron chi connectivity index (χ4n) is 2.53. The van der Waals surface area contributed by atoms with Crippen LogP contribution in [0.15, 0.2) is 18.3 Å². The average Bonchev–Trinajstić information content (AvgIpc) is 2.39. The van der Waals surface area contributed by atoms with Crippen LogP contribution < -0.4 is 4.74 Å². The minimum atomic E-state index is -0.217. The van der Waals surface area contributed by atoms with Gasteiger partial charge in [-0.2, -0.15) is 0 Å². The third-order valence-electron chi connectivity index (χ3n) is 3.63. The van der Waals surface area contributed by atoms with E-state index in [0.29, 0.717) is 5.92 Å². The summed E-state index contributed by atoms with van der Waals surface area (Å²) in [7, 11) is 1.67. The van der Waals surface area contributed by atoms with Crippen LogP contribution in [0.2, 0.25) is 0 Å². The molecule has 1 aliphatic heterocycles. The summed E-state index contributed by atoms with van der Waals surface area (Å²) in [6.45, 7) is 4.76. The van der Waals surface area contributed by atoms with Crippen molar-refractivity contribution in [2.45, 2.75) is 32.4 Å². The molecule has 1 fully saturated rings. The second-order valence-electron chi connectivity index (χ2n) is 5.07. The molecule has 2 heterocycles. The minimum Gasteiger partial charge on any atom is -0.497 e. The largest absolute Gasteiger partial charge is 0.497 e. The van der Waals surface area contributed by atoms with E-state index in [1.54, 1.807) is 13.3 Å². The lowest BCUT2D eigenvalue weighted by atomic mass is 9.93. The van der Waals surface area contributed by atoms with Crippen LogP contribution in [0.3, 0.4) is 0 Å². The van der Waals surface area contributed by atoms with Crippen LogP contribution in [0.5, 0.6) is 5.75 Å². The van der Waals surface area contributed by atoms with Gasteiger partial charge in [0.25, 0.3) is 0 Å². The maximum absolute atomic E-state index is 9.68.